The fourth-order valence-electron chi connectivity index (χ4n) is 3.32. The molecular formula is C21H25N3O3. The normalized spacial score (nSPS) is 16.8. The van der Waals surface area contributed by atoms with Gasteiger partial charge in [0.05, 0.1) is 6.54 Å². The first kappa shape index (κ1) is 19.0. The highest BCUT2D eigenvalue weighted by Gasteiger charge is 2.25. The smallest absolute Gasteiger partial charge is 0.223 e. The van der Waals surface area contributed by atoms with Gasteiger partial charge in [-0.3, -0.25) is 9.59 Å². The highest BCUT2D eigenvalue weighted by Crippen LogP contribution is 2.19. The van der Waals surface area contributed by atoms with E-state index in [-0.39, 0.29) is 30.6 Å². The molecule has 0 radical (unpaired) electrons. The Morgan fingerprint density at radius 3 is 2.67 bits per heavy atom. The molecule has 0 saturated carbocycles. The van der Waals surface area contributed by atoms with Crippen LogP contribution < -0.4 is 4.74 Å². The van der Waals surface area contributed by atoms with Crippen LogP contribution in [0.5, 0.6) is 5.88 Å². The van der Waals surface area contributed by atoms with Crippen LogP contribution in [-0.4, -0.2) is 45.8 Å². The Bertz CT molecular complexity index is 787. The fraction of sp³-hybridized carbons (Fsp3) is 0.429. The molecule has 2 heterocycles. The van der Waals surface area contributed by atoms with E-state index in [2.05, 4.69) is 9.97 Å². The molecule has 6 heteroatoms. The van der Waals surface area contributed by atoms with Gasteiger partial charge in [-0.25, -0.2) is 4.98 Å². The summed E-state index contributed by atoms with van der Waals surface area (Å²) in [5, 5.41) is 0. The molecule has 3 rings (SSSR count). The minimum Gasteiger partial charge on any atom is -0.472 e. The number of ether oxygens (including phenoxy) is 1. The number of carbonyl (C=O) groups excluding carboxylic acids is 2. The Morgan fingerprint density at radius 1 is 1.15 bits per heavy atom. The molecule has 1 aliphatic heterocycles. The Morgan fingerprint density at radius 2 is 1.93 bits per heavy atom. The van der Waals surface area contributed by atoms with Crippen molar-refractivity contribution in [3.8, 4) is 5.88 Å². The number of ketones is 1. The van der Waals surface area contributed by atoms with Crippen molar-refractivity contribution in [3.63, 3.8) is 0 Å². The minimum atomic E-state index is -0.0822. The summed E-state index contributed by atoms with van der Waals surface area (Å²) in [6, 6.07) is 10.9. The first-order chi connectivity index (χ1) is 13.0. The monoisotopic (exact) mass is 367 g/mol. The summed E-state index contributed by atoms with van der Waals surface area (Å²) in [5.74, 6) is 1.23. The van der Waals surface area contributed by atoms with Crippen LogP contribution in [0.1, 0.15) is 47.6 Å². The van der Waals surface area contributed by atoms with Crippen LogP contribution in [0.25, 0.3) is 0 Å². The van der Waals surface area contributed by atoms with Crippen LogP contribution in [-0.2, 0) is 4.79 Å². The van der Waals surface area contributed by atoms with Crippen LogP contribution in [0.15, 0.2) is 36.4 Å². The minimum absolute atomic E-state index is 0.000644. The molecule has 0 spiro atoms. The molecule has 1 aliphatic rings. The first-order valence-corrected chi connectivity index (χ1v) is 9.36. The second-order valence-electron chi connectivity index (χ2n) is 6.91. The largest absolute Gasteiger partial charge is 0.472 e. The Hall–Kier alpha value is -2.76. The van der Waals surface area contributed by atoms with Gasteiger partial charge in [0, 0.05) is 36.7 Å². The third kappa shape index (κ3) is 5.36. The van der Waals surface area contributed by atoms with Crippen molar-refractivity contribution in [2.75, 3.05) is 13.1 Å². The molecule has 27 heavy (non-hydrogen) atoms. The number of hydrogen-bond acceptors (Lipinski definition) is 5. The predicted octanol–water partition coefficient (Wildman–Crippen LogP) is 3.13. The van der Waals surface area contributed by atoms with E-state index in [1.54, 1.807) is 17.0 Å². The van der Waals surface area contributed by atoms with Gasteiger partial charge >= 0.3 is 0 Å². The van der Waals surface area contributed by atoms with Crippen molar-refractivity contribution in [3.05, 3.63) is 53.5 Å². The zero-order valence-electron chi connectivity index (χ0n) is 15.9. The van der Waals surface area contributed by atoms with Crippen molar-refractivity contribution < 1.29 is 14.3 Å². The van der Waals surface area contributed by atoms with Crippen molar-refractivity contribution in [2.24, 2.45) is 0 Å². The van der Waals surface area contributed by atoms with Crippen LogP contribution in [0.3, 0.4) is 0 Å². The van der Waals surface area contributed by atoms with Crippen molar-refractivity contribution in [1.29, 1.82) is 0 Å². The Balaban J connectivity index is 1.52. The first-order valence-electron chi connectivity index (χ1n) is 9.36. The van der Waals surface area contributed by atoms with Crippen LogP contribution in [0.4, 0.5) is 0 Å². The average Bonchev–Trinajstić information content (AvgIpc) is 2.66. The lowest BCUT2D eigenvalue weighted by Crippen LogP contribution is -2.44. The van der Waals surface area contributed by atoms with Gasteiger partial charge in [-0.05, 0) is 26.7 Å². The molecular weight excluding hydrogens is 342 g/mol. The lowest BCUT2D eigenvalue weighted by atomic mass is 10.0. The van der Waals surface area contributed by atoms with E-state index in [1.165, 1.54) is 0 Å². The quantitative estimate of drug-likeness (QED) is 0.734. The number of carbonyl (C=O) groups is 2. The third-order valence-electron chi connectivity index (χ3n) is 4.62. The molecule has 1 fully saturated rings. The summed E-state index contributed by atoms with van der Waals surface area (Å²) in [6.07, 6.45) is 2.14. The molecule has 1 unspecified atom stereocenters. The van der Waals surface area contributed by atoms with E-state index >= 15 is 0 Å². The molecule has 1 amide bonds. The number of hydrogen-bond donors (Lipinski definition) is 0. The molecule has 1 saturated heterocycles. The number of aromatic nitrogens is 2. The highest BCUT2D eigenvalue weighted by atomic mass is 16.5. The summed E-state index contributed by atoms with van der Waals surface area (Å²) >= 11 is 0. The van der Waals surface area contributed by atoms with E-state index in [0.29, 0.717) is 30.4 Å². The summed E-state index contributed by atoms with van der Waals surface area (Å²) in [6.45, 7) is 4.98. The topological polar surface area (TPSA) is 72.4 Å². The maximum atomic E-state index is 12.5. The lowest BCUT2D eigenvalue weighted by molar-refractivity contribution is -0.133. The molecule has 1 aromatic carbocycles. The van der Waals surface area contributed by atoms with Gasteiger partial charge in [0.2, 0.25) is 11.8 Å². The van der Waals surface area contributed by atoms with Crippen LogP contribution in [0, 0.1) is 13.8 Å². The number of piperidine rings is 1. The lowest BCUT2D eigenvalue weighted by Gasteiger charge is -2.32. The number of likely N-dealkylation sites (tertiary alicyclic amines) is 1. The Labute approximate surface area is 159 Å². The van der Waals surface area contributed by atoms with Gasteiger partial charge in [-0.15, -0.1) is 0 Å². The van der Waals surface area contributed by atoms with Gasteiger partial charge in [-0.2, -0.15) is 4.98 Å². The van der Waals surface area contributed by atoms with Gasteiger partial charge in [0.15, 0.2) is 5.78 Å². The highest BCUT2D eigenvalue weighted by molar-refractivity contribution is 5.97. The fourth-order valence-corrected chi connectivity index (χ4v) is 3.32. The van der Waals surface area contributed by atoms with Crippen molar-refractivity contribution in [1.82, 2.24) is 14.9 Å². The molecule has 0 aliphatic carbocycles. The molecule has 142 valence electrons. The van der Waals surface area contributed by atoms with E-state index in [4.69, 9.17) is 4.74 Å². The van der Waals surface area contributed by atoms with E-state index in [9.17, 15) is 9.59 Å². The molecule has 0 bridgehead atoms. The zero-order valence-corrected chi connectivity index (χ0v) is 15.9. The second-order valence-corrected chi connectivity index (χ2v) is 6.91. The summed E-state index contributed by atoms with van der Waals surface area (Å²) in [4.78, 5) is 35.1. The summed E-state index contributed by atoms with van der Waals surface area (Å²) in [7, 11) is 0. The summed E-state index contributed by atoms with van der Waals surface area (Å²) < 4.78 is 5.98. The number of Topliss-reactive ketones (excluding diaryl/α,β-unsaturated/α-hetero) is 1. The van der Waals surface area contributed by atoms with Gasteiger partial charge < -0.3 is 9.64 Å². The molecule has 1 atom stereocenters. The number of amides is 1. The number of nitrogens with zero attached hydrogens (tertiary/aromatic N) is 3. The van der Waals surface area contributed by atoms with Gasteiger partial charge in [-0.1, -0.05) is 30.3 Å². The predicted molar refractivity (Wildman–Crippen MR) is 102 cm³/mol. The van der Waals surface area contributed by atoms with Gasteiger partial charge in [0.25, 0.3) is 0 Å². The van der Waals surface area contributed by atoms with E-state index < -0.39 is 0 Å². The standard InChI is InChI=1S/C21H25N3O3/c1-15-13-20(23-16(2)22-15)27-18-9-6-12-24(14-18)21(26)11-10-19(25)17-7-4-3-5-8-17/h3-5,7-8,13,18H,6,9-12,14H2,1-2H3. The SMILES string of the molecule is Cc1cc(OC2CCCN(C(=O)CCC(=O)c3ccccc3)C2)nc(C)n1. The molecule has 1 aromatic heterocycles. The van der Waals surface area contributed by atoms with Crippen molar-refractivity contribution in [2.45, 2.75) is 45.6 Å². The molecule has 6 nitrogen and oxygen atoms in total. The maximum absolute atomic E-state index is 12.5. The molecule has 2 aromatic rings. The Kier molecular flexibility index (Phi) is 6.16. The zero-order chi connectivity index (χ0) is 19.2. The second kappa shape index (κ2) is 8.75. The van der Waals surface area contributed by atoms with E-state index in [1.807, 2.05) is 38.1 Å². The third-order valence-corrected chi connectivity index (χ3v) is 4.62. The van der Waals surface area contributed by atoms with Gasteiger partial charge in [0.1, 0.15) is 11.9 Å². The molecule has 0 N–H and O–H groups in total. The number of aryl methyl sites for hydroxylation is 2. The number of benzene rings is 1. The maximum Gasteiger partial charge on any atom is 0.223 e. The van der Waals surface area contributed by atoms with Crippen LogP contribution in [0.2, 0.25) is 0 Å². The average molecular weight is 367 g/mol. The van der Waals surface area contributed by atoms with Crippen LogP contribution >= 0.6 is 0 Å². The number of rotatable bonds is 6. The summed E-state index contributed by atoms with van der Waals surface area (Å²) in [5.41, 5.74) is 1.51. The van der Waals surface area contributed by atoms with Crippen molar-refractivity contribution >= 4 is 11.7 Å². The van der Waals surface area contributed by atoms with E-state index in [0.717, 1.165) is 18.5 Å².